The van der Waals surface area contributed by atoms with Gasteiger partial charge in [-0.15, -0.1) is 0 Å². The van der Waals surface area contributed by atoms with Crippen molar-refractivity contribution in [2.24, 2.45) is 0 Å². The van der Waals surface area contributed by atoms with Crippen molar-refractivity contribution in [1.29, 1.82) is 0 Å². The number of likely N-dealkylation sites (N-methyl/N-ethyl adjacent to an activating group) is 1. The summed E-state index contributed by atoms with van der Waals surface area (Å²) >= 11 is 0. The number of sulfone groups is 1. The smallest absolute Gasteiger partial charge is 0.321 e. The predicted molar refractivity (Wildman–Crippen MR) is 104 cm³/mol. The largest absolute Gasteiger partial charge is 0.494 e. The standard InChI is InChI=1S/C18H29N3O5S/c1-4-5-10-19-18(23)20-17(22)14-21(2)11-7-12-26-15-8-6-9-16(13-15)27(3,24)25/h6,8-9,13H,4-5,7,10-12,14H2,1-3H3,(H2,19,20,22,23). The number of unbranched alkanes of at least 4 members (excludes halogenated alkanes) is 1. The van der Waals surface area contributed by atoms with Gasteiger partial charge in [-0.05, 0) is 38.1 Å². The fourth-order valence-electron chi connectivity index (χ4n) is 2.23. The molecule has 8 nitrogen and oxygen atoms in total. The van der Waals surface area contributed by atoms with Gasteiger partial charge in [0.1, 0.15) is 5.75 Å². The molecule has 0 aliphatic rings. The quantitative estimate of drug-likeness (QED) is 0.545. The highest BCUT2D eigenvalue weighted by atomic mass is 32.2. The summed E-state index contributed by atoms with van der Waals surface area (Å²) < 4.78 is 28.6. The van der Waals surface area contributed by atoms with Crippen LogP contribution in [0.25, 0.3) is 0 Å². The Bertz CT molecular complexity index is 721. The molecule has 0 saturated heterocycles. The summed E-state index contributed by atoms with van der Waals surface area (Å²) in [6.07, 6.45) is 3.64. The van der Waals surface area contributed by atoms with Crippen LogP contribution in [0.2, 0.25) is 0 Å². The van der Waals surface area contributed by atoms with Crippen molar-refractivity contribution in [3.8, 4) is 5.75 Å². The molecule has 1 rings (SSSR count). The Labute approximate surface area is 161 Å². The van der Waals surface area contributed by atoms with E-state index in [2.05, 4.69) is 10.6 Å². The number of nitrogens with one attached hydrogen (secondary N) is 2. The highest BCUT2D eigenvalue weighted by molar-refractivity contribution is 7.90. The van der Waals surface area contributed by atoms with Crippen LogP contribution < -0.4 is 15.4 Å². The Morgan fingerprint density at radius 3 is 2.63 bits per heavy atom. The van der Waals surface area contributed by atoms with E-state index in [0.29, 0.717) is 31.9 Å². The van der Waals surface area contributed by atoms with Gasteiger partial charge >= 0.3 is 6.03 Å². The van der Waals surface area contributed by atoms with E-state index in [1.165, 1.54) is 12.1 Å². The summed E-state index contributed by atoms with van der Waals surface area (Å²) in [5.74, 6) is 0.121. The van der Waals surface area contributed by atoms with Gasteiger partial charge in [0.25, 0.3) is 0 Å². The number of hydrogen-bond acceptors (Lipinski definition) is 6. The van der Waals surface area contributed by atoms with Gasteiger partial charge < -0.3 is 10.1 Å². The third-order valence-corrected chi connectivity index (χ3v) is 4.78. The zero-order valence-electron chi connectivity index (χ0n) is 16.2. The first-order valence-electron chi connectivity index (χ1n) is 8.91. The van der Waals surface area contributed by atoms with E-state index in [0.717, 1.165) is 19.1 Å². The molecule has 0 heterocycles. The summed E-state index contributed by atoms with van der Waals surface area (Å²) in [6, 6.07) is 5.86. The van der Waals surface area contributed by atoms with Crippen molar-refractivity contribution in [2.75, 3.05) is 39.5 Å². The minimum atomic E-state index is -3.27. The van der Waals surface area contributed by atoms with Crippen molar-refractivity contribution in [3.05, 3.63) is 24.3 Å². The topological polar surface area (TPSA) is 105 Å². The number of carbonyl (C=O) groups is 2. The maximum Gasteiger partial charge on any atom is 0.321 e. The number of nitrogens with zero attached hydrogens (tertiary/aromatic N) is 1. The van der Waals surface area contributed by atoms with Crippen molar-refractivity contribution >= 4 is 21.8 Å². The van der Waals surface area contributed by atoms with E-state index in [4.69, 9.17) is 4.74 Å². The van der Waals surface area contributed by atoms with Gasteiger partial charge in [-0.2, -0.15) is 0 Å². The number of urea groups is 1. The number of benzene rings is 1. The molecule has 9 heteroatoms. The lowest BCUT2D eigenvalue weighted by Gasteiger charge is -2.16. The highest BCUT2D eigenvalue weighted by Crippen LogP contribution is 2.17. The van der Waals surface area contributed by atoms with Crippen LogP contribution in [-0.4, -0.2) is 64.8 Å². The van der Waals surface area contributed by atoms with Gasteiger partial charge in [0.05, 0.1) is 18.0 Å². The lowest BCUT2D eigenvalue weighted by atomic mass is 10.3. The zero-order valence-corrected chi connectivity index (χ0v) is 17.0. The second kappa shape index (κ2) is 11.6. The van der Waals surface area contributed by atoms with E-state index in [1.807, 2.05) is 6.92 Å². The van der Waals surface area contributed by atoms with E-state index in [1.54, 1.807) is 24.1 Å². The maximum atomic E-state index is 11.8. The molecule has 1 aromatic carbocycles. The molecule has 152 valence electrons. The highest BCUT2D eigenvalue weighted by Gasteiger charge is 2.10. The van der Waals surface area contributed by atoms with Gasteiger partial charge in [0.2, 0.25) is 5.91 Å². The molecule has 27 heavy (non-hydrogen) atoms. The van der Waals surface area contributed by atoms with Crippen LogP contribution in [0.5, 0.6) is 5.75 Å². The Hall–Kier alpha value is -2.13. The van der Waals surface area contributed by atoms with Crippen molar-refractivity contribution in [1.82, 2.24) is 15.5 Å². The van der Waals surface area contributed by atoms with Crippen molar-refractivity contribution < 1.29 is 22.7 Å². The van der Waals surface area contributed by atoms with E-state index >= 15 is 0 Å². The Morgan fingerprint density at radius 2 is 1.96 bits per heavy atom. The number of carbonyl (C=O) groups excluding carboxylic acids is 2. The van der Waals surface area contributed by atoms with Crippen LogP contribution in [0.3, 0.4) is 0 Å². The first-order valence-corrected chi connectivity index (χ1v) is 10.8. The second-order valence-corrected chi connectivity index (χ2v) is 8.36. The second-order valence-electron chi connectivity index (χ2n) is 6.34. The lowest BCUT2D eigenvalue weighted by molar-refractivity contribution is -0.120. The number of hydrogen-bond donors (Lipinski definition) is 2. The molecular weight excluding hydrogens is 370 g/mol. The molecule has 3 amide bonds. The van der Waals surface area contributed by atoms with E-state index < -0.39 is 15.9 Å². The fourth-order valence-corrected chi connectivity index (χ4v) is 2.89. The molecule has 0 spiro atoms. The fraction of sp³-hybridized carbons (Fsp3) is 0.556. The number of imide groups is 1. The minimum absolute atomic E-state index is 0.102. The molecule has 0 bridgehead atoms. The van der Waals surface area contributed by atoms with Gasteiger partial charge in [0.15, 0.2) is 9.84 Å². The molecule has 0 unspecified atom stereocenters. The molecular formula is C18H29N3O5S. The lowest BCUT2D eigenvalue weighted by Crippen LogP contribution is -2.44. The molecule has 0 atom stereocenters. The van der Waals surface area contributed by atoms with Gasteiger partial charge in [-0.1, -0.05) is 19.4 Å². The molecule has 0 aliphatic carbocycles. The van der Waals surface area contributed by atoms with E-state index in [9.17, 15) is 18.0 Å². The molecule has 0 aromatic heterocycles. The molecule has 1 aromatic rings. The predicted octanol–water partition coefficient (Wildman–Crippen LogP) is 1.42. The summed E-state index contributed by atoms with van der Waals surface area (Å²) in [5.41, 5.74) is 0. The Morgan fingerprint density at radius 1 is 1.22 bits per heavy atom. The monoisotopic (exact) mass is 399 g/mol. The maximum absolute atomic E-state index is 11.8. The first kappa shape index (κ1) is 22.9. The number of rotatable bonds is 11. The van der Waals surface area contributed by atoms with Crippen LogP contribution in [0.15, 0.2) is 29.2 Å². The molecule has 2 N–H and O–H groups in total. The van der Waals surface area contributed by atoms with E-state index in [-0.39, 0.29) is 17.3 Å². The van der Waals surface area contributed by atoms with Gasteiger partial charge in [-0.3, -0.25) is 15.0 Å². The van der Waals surface area contributed by atoms with Gasteiger partial charge in [-0.25, -0.2) is 13.2 Å². The van der Waals surface area contributed by atoms with Crippen LogP contribution in [0.1, 0.15) is 26.2 Å². The summed E-state index contributed by atoms with van der Waals surface area (Å²) in [5, 5.41) is 4.91. The third kappa shape index (κ3) is 9.95. The van der Waals surface area contributed by atoms with Crippen LogP contribution in [0, 0.1) is 0 Å². The zero-order chi connectivity index (χ0) is 20.3. The summed E-state index contributed by atoms with van der Waals surface area (Å²) in [6.45, 7) is 3.65. The number of ether oxygens (including phenoxy) is 1. The molecule has 0 aliphatic heterocycles. The van der Waals surface area contributed by atoms with Crippen LogP contribution in [0.4, 0.5) is 4.79 Å². The molecule has 0 saturated carbocycles. The van der Waals surface area contributed by atoms with Gasteiger partial charge in [0, 0.05) is 19.3 Å². The Balaban J connectivity index is 2.26. The summed E-state index contributed by atoms with van der Waals surface area (Å²) in [4.78, 5) is 25.3. The minimum Gasteiger partial charge on any atom is -0.494 e. The average Bonchev–Trinajstić information content (AvgIpc) is 2.58. The molecule has 0 radical (unpaired) electrons. The SMILES string of the molecule is CCCCNC(=O)NC(=O)CN(C)CCCOc1cccc(S(C)(=O)=O)c1. The normalized spacial score (nSPS) is 11.3. The average molecular weight is 400 g/mol. The first-order chi connectivity index (χ1) is 12.7. The summed E-state index contributed by atoms with van der Waals surface area (Å²) in [7, 11) is -1.49. The van der Waals surface area contributed by atoms with Crippen LogP contribution in [-0.2, 0) is 14.6 Å². The van der Waals surface area contributed by atoms with Crippen molar-refractivity contribution in [3.63, 3.8) is 0 Å². The number of amides is 3. The van der Waals surface area contributed by atoms with Crippen LogP contribution >= 0.6 is 0 Å². The Kier molecular flexibility index (Phi) is 9.81. The third-order valence-electron chi connectivity index (χ3n) is 3.67. The van der Waals surface area contributed by atoms with Crippen molar-refractivity contribution in [2.45, 2.75) is 31.1 Å². The molecule has 0 fully saturated rings.